The molecule has 1 heterocycles. The van der Waals surface area contributed by atoms with Crippen molar-refractivity contribution in [3.8, 4) is 0 Å². The van der Waals surface area contributed by atoms with Crippen LogP contribution in [0.4, 0.5) is 0 Å². The van der Waals surface area contributed by atoms with Gasteiger partial charge in [-0.25, -0.2) is 0 Å². The minimum absolute atomic E-state index is 0.522. The molecule has 2 nitrogen and oxygen atoms in total. The third-order valence-corrected chi connectivity index (χ3v) is 5.22. The molecule has 1 aliphatic heterocycles. The van der Waals surface area contributed by atoms with Gasteiger partial charge in [0.1, 0.15) is 0 Å². The van der Waals surface area contributed by atoms with Gasteiger partial charge in [0.2, 0.25) is 0 Å². The first-order valence-electron chi connectivity index (χ1n) is 7.43. The second-order valence-corrected chi connectivity index (χ2v) is 6.69. The monoisotopic (exact) mass is 314 g/mol. The Bertz CT molecular complexity index is 450. The Labute approximate surface area is 132 Å². The van der Waals surface area contributed by atoms with E-state index in [9.17, 15) is 0 Å². The first-order chi connectivity index (χ1) is 9.52. The average molecular weight is 315 g/mol. The molecule has 0 amide bonds. The summed E-state index contributed by atoms with van der Waals surface area (Å²) < 4.78 is 0. The maximum Gasteiger partial charge on any atom is 0.0637 e. The highest BCUT2D eigenvalue weighted by Crippen LogP contribution is 2.28. The number of piperazine rings is 1. The second kappa shape index (κ2) is 7.13. The Morgan fingerprint density at radius 3 is 2.85 bits per heavy atom. The number of hydrogen-bond acceptors (Lipinski definition) is 2. The van der Waals surface area contributed by atoms with Crippen LogP contribution >= 0.6 is 23.2 Å². The van der Waals surface area contributed by atoms with Crippen LogP contribution in [0, 0.1) is 5.92 Å². The summed E-state index contributed by atoms with van der Waals surface area (Å²) in [4.78, 5) is 2.55. The molecule has 1 aromatic carbocycles. The summed E-state index contributed by atoms with van der Waals surface area (Å²) in [6.45, 7) is 9.80. The summed E-state index contributed by atoms with van der Waals surface area (Å²) >= 11 is 12.5. The molecule has 2 rings (SSSR count). The van der Waals surface area contributed by atoms with Crippen molar-refractivity contribution in [3.63, 3.8) is 0 Å². The van der Waals surface area contributed by atoms with Gasteiger partial charge in [-0.2, -0.15) is 0 Å². The standard InChI is InChI=1S/C16H24Cl2N2/c1-4-11(2)15-8-19-12(3)9-20(15)10-13-6-5-7-14(17)16(13)18/h5-7,11-12,15,19H,4,8-10H2,1-3H3. The van der Waals surface area contributed by atoms with Crippen molar-refractivity contribution in [1.29, 1.82) is 0 Å². The van der Waals surface area contributed by atoms with Crippen molar-refractivity contribution >= 4 is 23.2 Å². The SMILES string of the molecule is CCC(C)C1CNC(C)CN1Cc1cccc(Cl)c1Cl. The molecule has 0 radical (unpaired) electrons. The fraction of sp³-hybridized carbons (Fsp3) is 0.625. The third kappa shape index (κ3) is 3.67. The molecule has 4 heteroatoms. The minimum atomic E-state index is 0.522. The van der Waals surface area contributed by atoms with Gasteiger partial charge in [0, 0.05) is 31.7 Å². The third-order valence-electron chi connectivity index (χ3n) is 4.36. The number of hydrogen-bond donors (Lipinski definition) is 1. The van der Waals surface area contributed by atoms with E-state index in [1.165, 1.54) is 6.42 Å². The van der Waals surface area contributed by atoms with E-state index in [-0.39, 0.29) is 0 Å². The number of nitrogens with one attached hydrogen (secondary N) is 1. The van der Waals surface area contributed by atoms with Crippen LogP contribution < -0.4 is 5.32 Å². The van der Waals surface area contributed by atoms with Gasteiger partial charge in [-0.1, -0.05) is 55.6 Å². The summed E-state index contributed by atoms with van der Waals surface area (Å²) in [5.41, 5.74) is 1.13. The zero-order chi connectivity index (χ0) is 14.7. The van der Waals surface area contributed by atoms with Crippen molar-refractivity contribution in [2.75, 3.05) is 13.1 Å². The van der Waals surface area contributed by atoms with Gasteiger partial charge in [0.05, 0.1) is 10.0 Å². The molecule has 1 aliphatic rings. The first-order valence-corrected chi connectivity index (χ1v) is 8.18. The molecule has 3 unspecified atom stereocenters. The van der Waals surface area contributed by atoms with Gasteiger partial charge < -0.3 is 5.32 Å². The lowest BCUT2D eigenvalue weighted by Crippen LogP contribution is -2.57. The summed E-state index contributed by atoms with van der Waals surface area (Å²) in [5, 5.41) is 4.93. The smallest absolute Gasteiger partial charge is 0.0637 e. The molecular weight excluding hydrogens is 291 g/mol. The van der Waals surface area contributed by atoms with E-state index in [1.807, 2.05) is 12.1 Å². The predicted octanol–water partition coefficient (Wildman–Crippen LogP) is 4.20. The fourth-order valence-electron chi connectivity index (χ4n) is 2.91. The highest BCUT2D eigenvalue weighted by molar-refractivity contribution is 6.42. The van der Waals surface area contributed by atoms with Crippen LogP contribution in [-0.4, -0.2) is 30.1 Å². The fourth-order valence-corrected chi connectivity index (χ4v) is 3.29. The Kier molecular flexibility index (Phi) is 5.74. The largest absolute Gasteiger partial charge is 0.311 e. The molecule has 0 spiro atoms. The van der Waals surface area contributed by atoms with Crippen molar-refractivity contribution in [3.05, 3.63) is 33.8 Å². The predicted molar refractivity (Wildman–Crippen MR) is 87.6 cm³/mol. The molecule has 112 valence electrons. The van der Waals surface area contributed by atoms with E-state index < -0.39 is 0 Å². The van der Waals surface area contributed by atoms with E-state index >= 15 is 0 Å². The molecule has 3 atom stereocenters. The number of halogens is 2. The highest BCUT2D eigenvalue weighted by Gasteiger charge is 2.29. The van der Waals surface area contributed by atoms with Crippen molar-refractivity contribution < 1.29 is 0 Å². The molecule has 1 fully saturated rings. The Hall–Kier alpha value is -0.280. The number of benzene rings is 1. The van der Waals surface area contributed by atoms with Crippen LogP contribution in [0.2, 0.25) is 10.0 Å². The second-order valence-electron chi connectivity index (χ2n) is 5.90. The van der Waals surface area contributed by atoms with Gasteiger partial charge in [0.15, 0.2) is 0 Å². The Morgan fingerprint density at radius 1 is 1.40 bits per heavy atom. The zero-order valence-electron chi connectivity index (χ0n) is 12.5. The molecule has 0 saturated carbocycles. The molecular formula is C16H24Cl2N2. The van der Waals surface area contributed by atoms with E-state index in [0.29, 0.717) is 28.0 Å². The van der Waals surface area contributed by atoms with E-state index in [2.05, 4.69) is 37.1 Å². The maximum absolute atomic E-state index is 6.34. The van der Waals surface area contributed by atoms with Gasteiger partial charge in [0.25, 0.3) is 0 Å². The molecule has 1 aromatic rings. The summed E-state index contributed by atoms with van der Waals surface area (Å²) in [5.74, 6) is 0.674. The minimum Gasteiger partial charge on any atom is -0.311 e. The molecule has 1 saturated heterocycles. The maximum atomic E-state index is 6.34. The van der Waals surface area contributed by atoms with Crippen LogP contribution in [0.3, 0.4) is 0 Å². The Morgan fingerprint density at radius 2 is 2.15 bits per heavy atom. The zero-order valence-corrected chi connectivity index (χ0v) is 14.0. The molecule has 1 N–H and O–H groups in total. The lowest BCUT2D eigenvalue weighted by molar-refractivity contribution is 0.0885. The molecule has 0 aliphatic carbocycles. The van der Waals surface area contributed by atoms with Crippen LogP contribution in [0.1, 0.15) is 32.8 Å². The van der Waals surface area contributed by atoms with Gasteiger partial charge in [-0.15, -0.1) is 0 Å². The molecule has 20 heavy (non-hydrogen) atoms. The number of nitrogens with zero attached hydrogens (tertiary/aromatic N) is 1. The van der Waals surface area contributed by atoms with Crippen LogP contribution in [0.25, 0.3) is 0 Å². The number of rotatable bonds is 4. The molecule has 0 aromatic heterocycles. The quantitative estimate of drug-likeness (QED) is 0.896. The van der Waals surface area contributed by atoms with E-state index in [4.69, 9.17) is 23.2 Å². The lowest BCUT2D eigenvalue weighted by Gasteiger charge is -2.42. The Balaban J connectivity index is 2.16. The van der Waals surface area contributed by atoms with E-state index in [0.717, 1.165) is 25.2 Å². The lowest BCUT2D eigenvalue weighted by atomic mass is 9.94. The van der Waals surface area contributed by atoms with Gasteiger partial charge in [-0.3, -0.25) is 4.90 Å². The van der Waals surface area contributed by atoms with Crippen molar-refractivity contribution in [2.24, 2.45) is 5.92 Å². The highest BCUT2D eigenvalue weighted by atomic mass is 35.5. The van der Waals surface area contributed by atoms with Gasteiger partial charge >= 0.3 is 0 Å². The van der Waals surface area contributed by atoms with Crippen LogP contribution in [0.5, 0.6) is 0 Å². The van der Waals surface area contributed by atoms with Crippen LogP contribution in [-0.2, 0) is 6.54 Å². The van der Waals surface area contributed by atoms with Gasteiger partial charge in [-0.05, 0) is 24.5 Å². The molecule has 0 bridgehead atoms. The van der Waals surface area contributed by atoms with E-state index in [1.54, 1.807) is 0 Å². The average Bonchev–Trinajstić information content (AvgIpc) is 2.43. The topological polar surface area (TPSA) is 15.3 Å². The van der Waals surface area contributed by atoms with Crippen molar-refractivity contribution in [1.82, 2.24) is 10.2 Å². The summed E-state index contributed by atoms with van der Waals surface area (Å²) in [6.07, 6.45) is 1.19. The normalized spacial score (nSPS) is 25.6. The first kappa shape index (κ1) is 16.1. The van der Waals surface area contributed by atoms with Crippen molar-refractivity contribution in [2.45, 2.75) is 45.8 Å². The summed E-state index contributed by atoms with van der Waals surface area (Å²) in [6, 6.07) is 6.99. The summed E-state index contributed by atoms with van der Waals surface area (Å²) in [7, 11) is 0. The van der Waals surface area contributed by atoms with Crippen LogP contribution in [0.15, 0.2) is 18.2 Å².